The third-order valence-electron chi connectivity index (χ3n) is 3.77. The van der Waals surface area contributed by atoms with E-state index in [1.54, 1.807) is 0 Å². The summed E-state index contributed by atoms with van der Waals surface area (Å²) in [4.78, 5) is 25.0. The standard InChI is InChI=1S/C14H16ClFN2O3/c1-14(12(19)20)6-2-3-7-18(14)13(21)17-11-8-9(15)4-5-10(11)16/h4-5,8H,2-3,6-7H2,1H3,(H,17,21)(H,19,20). The molecule has 1 aromatic rings. The summed E-state index contributed by atoms with van der Waals surface area (Å²) < 4.78 is 13.6. The van der Waals surface area contributed by atoms with Crippen LogP contribution < -0.4 is 5.32 Å². The highest BCUT2D eigenvalue weighted by atomic mass is 35.5. The van der Waals surface area contributed by atoms with Crippen LogP contribution in [0, 0.1) is 5.82 Å². The lowest BCUT2D eigenvalue weighted by Crippen LogP contribution is -2.58. The zero-order valence-electron chi connectivity index (χ0n) is 11.5. The average molecular weight is 315 g/mol. The first-order valence-corrected chi connectivity index (χ1v) is 6.99. The van der Waals surface area contributed by atoms with Gasteiger partial charge in [-0.3, -0.25) is 0 Å². The molecule has 1 saturated heterocycles. The molecular formula is C14H16ClFN2O3. The van der Waals surface area contributed by atoms with E-state index >= 15 is 0 Å². The monoisotopic (exact) mass is 314 g/mol. The maximum Gasteiger partial charge on any atom is 0.329 e. The number of urea groups is 1. The van der Waals surface area contributed by atoms with Gasteiger partial charge in [0.1, 0.15) is 11.4 Å². The molecule has 0 aromatic heterocycles. The molecule has 0 spiro atoms. The molecule has 114 valence electrons. The Morgan fingerprint density at radius 3 is 2.81 bits per heavy atom. The summed E-state index contributed by atoms with van der Waals surface area (Å²) in [5, 5.41) is 12.0. The number of hydrogen-bond acceptors (Lipinski definition) is 2. The van der Waals surface area contributed by atoms with Crippen molar-refractivity contribution >= 4 is 29.3 Å². The molecule has 2 amide bonds. The molecule has 1 heterocycles. The lowest BCUT2D eigenvalue weighted by Gasteiger charge is -2.41. The number of amides is 2. The molecule has 1 aliphatic rings. The van der Waals surface area contributed by atoms with Gasteiger partial charge in [-0.1, -0.05) is 11.6 Å². The van der Waals surface area contributed by atoms with Crippen molar-refractivity contribution < 1.29 is 19.1 Å². The van der Waals surface area contributed by atoms with Gasteiger partial charge in [0.05, 0.1) is 5.69 Å². The number of benzene rings is 1. The molecule has 0 bridgehead atoms. The zero-order chi connectivity index (χ0) is 15.6. The highest BCUT2D eigenvalue weighted by molar-refractivity contribution is 6.30. The summed E-state index contributed by atoms with van der Waals surface area (Å²) >= 11 is 5.77. The van der Waals surface area contributed by atoms with Gasteiger partial charge in [0.2, 0.25) is 0 Å². The molecule has 0 saturated carbocycles. The van der Waals surface area contributed by atoms with Gasteiger partial charge < -0.3 is 15.3 Å². The van der Waals surface area contributed by atoms with E-state index < -0.39 is 23.4 Å². The Kier molecular flexibility index (Phi) is 4.37. The fourth-order valence-corrected chi connectivity index (χ4v) is 2.62. The second kappa shape index (κ2) is 5.89. The lowest BCUT2D eigenvalue weighted by molar-refractivity contribution is -0.150. The number of carbonyl (C=O) groups excluding carboxylic acids is 1. The molecular weight excluding hydrogens is 299 g/mol. The maximum absolute atomic E-state index is 13.6. The number of piperidine rings is 1. The summed E-state index contributed by atoms with van der Waals surface area (Å²) in [6, 6.07) is 3.16. The van der Waals surface area contributed by atoms with Crippen molar-refractivity contribution in [3.8, 4) is 0 Å². The highest BCUT2D eigenvalue weighted by Gasteiger charge is 2.44. The molecule has 1 aliphatic heterocycles. The molecule has 0 aliphatic carbocycles. The second-order valence-electron chi connectivity index (χ2n) is 5.24. The van der Waals surface area contributed by atoms with Gasteiger partial charge >= 0.3 is 12.0 Å². The fourth-order valence-electron chi connectivity index (χ4n) is 2.44. The van der Waals surface area contributed by atoms with E-state index in [1.165, 1.54) is 24.0 Å². The minimum absolute atomic E-state index is 0.0641. The normalized spacial score (nSPS) is 22.0. The van der Waals surface area contributed by atoms with Crippen LogP contribution in [0.15, 0.2) is 18.2 Å². The van der Waals surface area contributed by atoms with Crippen LogP contribution in [0.5, 0.6) is 0 Å². The van der Waals surface area contributed by atoms with Crippen LogP contribution in [0.3, 0.4) is 0 Å². The van der Waals surface area contributed by atoms with Crippen molar-refractivity contribution in [1.82, 2.24) is 4.90 Å². The number of anilines is 1. The van der Waals surface area contributed by atoms with Crippen molar-refractivity contribution in [3.63, 3.8) is 0 Å². The number of hydrogen-bond donors (Lipinski definition) is 2. The summed E-state index contributed by atoms with van der Waals surface area (Å²) in [6.45, 7) is 1.82. The van der Waals surface area contributed by atoms with Gasteiger partial charge in [0, 0.05) is 11.6 Å². The van der Waals surface area contributed by atoms with Crippen LogP contribution in [-0.4, -0.2) is 34.1 Å². The Hall–Kier alpha value is -1.82. The molecule has 1 unspecified atom stereocenters. The van der Waals surface area contributed by atoms with E-state index in [0.717, 1.165) is 12.5 Å². The molecule has 2 N–H and O–H groups in total. The van der Waals surface area contributed by atoms with Crippen molar-refractivity contribution in [2.45, 2.75) is 31.7 Å². The fraction of sp³-hybridized carbons (Fsp3) is 0.429. The van der Waals surface area contributed by atoms with E-state index in [0.29, 0.717) is 19.4 Å². The number of carboxylic acid groups (broad SMARTS) is 1. The number of likely N-dealkylation sites (tertiary alicyclic amines) is 1. The van der Waals surface area contributed by atoms with Crippen molar-refractivity contribution in [3.05, 3.63) is 29.0 Å². The van der Waals surface area contributed by atoms with Gasteiger partial charge in [-0.05, 0) is 44.4 Å². The first-order valence-electron chi connectivity index (χ1n) is 6.61. The third kappa shape index (κ3) is 3.10. The van der Waals surface area contributed by atoms with Crippen LogP contribution in [0.1, 0.15) is 26.2 Å². The van der Waals surface area contributed by atoms with E-state index in [1.807, 2.05) is 0 Å². The summed E-state index contributed by atoms with van der Waals surface area (Å²) in [5.41, 5.74) is -1.34. The molecule has 2 rings (SSSR count). The average Bonchev–Trinajstić information content (AvgIpc) is 2.43. The molecule has 0 radical (unpaired) electrons. The van der Waals surface area contributed by atoms with E-state index in [9.17, 15) is 19.1 Å². The number of aliphatic carboxylic acids is 1. The molecule has 7 heteroatoms. The molecule has 1 fully saturated rings. The van der Waals surface area contributed by atoms with E-state index in [4.69, 9.17) is 11.6 Å². The van der Waals surface area contributed by atoms with Gasteiger partial charge in [-0.15, -0.1) is 0 Å². The van der Waals surface area contributed by atoms with Gasteiger partial charge in [-0.2, -0.15) is 0 Å². The van der Waals surface area contributed by atoms with Crippen molar-refractivity contribution in [1.29, 1.82) is 0 Å². The van der Waals surface area contributed by atoms with Gasteiger partial charge in [-0.25, -0.2) is 14.0 Å². The highest BCUT2D eigenvalue weighted by Crippen LogP contribution is 2.29. The Balaban J connectivity index is 2.22. The SMILES string of the molecule is CC1(C(=O)O)CCCCN1C(=O)Nc1cc(Cl)ccc1F. The minimum Gasteiger partial charge on any atom is -0.480 e. The predicted molar refractivity (Wildman–Crippen MR) is 77.0 cm³/mol. The predicted octanol–water partition coefficient (Wildman–Crippen LogP) is 3.34. The molecule has 1 aromatic carbocycles. The largest absolute Gasteiger partial charge is 0.480 e. The van der Waals surface area contributed by atoms with Crippen LogP contribution in [0.2, 0.25) is 5.02 Å². The third-order valence-corrected chi connectivity index (χ3v) is 4.00. The lowest BCUT2D eigenvalue weighted by atomic mass is 9.89. The van der Waals surface area contributed by atoms with E-state index in [2.05, 4.69) is 5.32 Å². The number of carbonyl (C=O) groups is 2. The van der Waals surface area contributed by atoms with Crippen molar-refractivity contribution in [2.24, 2.45) is 0 Å². The van der Waals surface area contributed by atoms with Gasteiger partial charge in [0.25, 0.3) is 0 Å². The Labute approximate surface area is 126 Å². The number of nitrogens with one attached hydrogen (secondary N) is 1. The summed E-state index contributed by atoms with van der Waals surface area (Å²) in [7, 11) is 0. The quantitative estimate of drug-likeness (QED) is 0.879. The first-order chi connectivity index (χ1) is 9.84. The minimum atomic E-state index is -1.28. The second-order valence-corrected chi connectivity index (χ2v) is 5.68. The zero-order valence-corrected chi connectivity index (χ0v) is 12.3. The number of rotatable bonds is 2. The van der Waals surface area contributed by atoms with Crippen LogP contribution in [0.25, 0.3) is 0 Å². The Morgan fingerprint density at radius 2 is 2.14 bits per heavy atom. The number of nitrogens with zero attached hydrogens (tertiary/aromatic N) is 1. The summed E-state index contributed by atoms with van der Waals surface area (Å²) in [6.07, 6.45) is 1.82. The Bertz CT molecular complexity index is 581. The maximum atomic E-state index is 13.6. The number of halogens is 2. The van der Waals surface area contributed by atoms with Crippen LogP contribution >= 0.6 is 11.6 Å². The smallest absolute Gasteiger partial charge is 0.329 e. The van der Waals surface area contributed by atoms with Crippen LogP contribution in [-0.2, 0) is 4.79 Å². The molecule has 1 atom stereocenters. The van der Waals surface area contributed by atoms with E-state index in [-0.39, 0.29) is 10.7 Å². The topological polar surface area (TPSA) is 69.6 Å². The first kappa shape index (κ1) is 15.6. The summed E-state index contributed by atoms with van der Waals surface area (Å²) in [5.74, 6) is -1.69. The molecule has 21 heavy (non-hydrogen) atoms. The van der Waals surface area contributed by atoms with Gasteiger partial charge in [0.15, 0.2) is 0 Å². The Morgan fingerprint density at radius 1 is 1.43 bits per heavy atom. The number of carboxylic acids is 1. The van der Waals surface area contributed by atoms with Crippen LogP contribution in [0.4, 0.5) is 14.9 Å². The molecule has 5 nitrogen and oxygen atoms in total. The van der Waals surface area contributed by atoms with Crippen molar-refractivity contribution in [2.75, 3.05) is 11.9 Å².